The number of esters is 1. The molecule has 0 bridgehead atoms. The zero-order chi connectivity index (χ0) is 8.97. The van der Waals surface area contributed by atoms with E-state index in [1.54, 1.807) is 6.92 Å². The number of ether oxygens (including phenoxy) is 2. The fourth-order valence-corrected chi connectivity index (χ4v) is 1.18. The van der Waals surface area contributed by atoms with Crippen molar-refractivity contribution in [2.75, 3.05) is 13.2 Å². The summed E-state index contributed by atoms with van der Waals surface area (Å²) in [6, 6.07) is 0. The van der Waals surface area contributed by atoms with Gasteiger partial charge >= 0.3 is 5.97 Å². The minimum absolute atomic E-state index is 0.356. The molecule has 0 unspecified atom stereocenters. The molecular weight excluding hydrogens is 160 g/mol. The van der Waals surface area contributed by atoms with Gasteiger partial charge in [0.25, 0.3) is 0 Å². The molecule has 1 saturated heterocycles. The summed E-state index contributed by atoms with van der Waals surface area (Å²) in [5.74, 6) is -0.365. The molecule has 2 atom stereocenters. The fraction of sp³-hybridized carbons (Fsp3) is 0.875. The Morgan fingerprint density at radius 3 is 3.08 bits per heavy atom. The Hall–Kier alpha value is -0.610. The zero-order valence-corrected chi connectivity index (χ0v) is 7.16. The molecule has 4 nitrogen and oxygen atoms in total. The van der Waals surface area contributed by atoms with Gasteiger partial charge in [-0.2, -0.15) is 0 Å². The molecule has 70 valence electrons. The van der Waals surface area contributed by atoms with Crippen molar-refractivity contribution in [3.8, 4) is 0 Å². The molecule has 0 amide bonds. The van der Waals surface area contributed by atoms with Crippen molar-refractivity contribution in [1.29, 1.82) is 0 Å². The van der Waals surface area contributed by atoms with E-state index in [1.807, 2.05) is 0 Å². The number of carbonyl (C=O) groups is 1. The van der Waals surface area contributed by atoms with Crippen LogP contribution < -0.4 is 0 Å². The van der Waals surface area contributed by atoms with Crippen molar-refractivity contribution < 1.29 is 19.4 Å². The summed E-state index contributed by atoms with van der Waals surface area (Å²) in [4.78, 5) is 11.1. The lowest BCUT2D eigenvalue weighted by Crippen LogP contribution is -2.35. The van der Waals surface area contributed by atoms with Crippen LogP contribution in [0.5, 0.6) is 0 Å². The summed E-state index contributed by atoms with van der Waals surface area (Å²) in [5.41, 5.74) is 0. The largest absolute Gasteiger partial charge is 0.464 e. The average molecular weight is 174 g/mol. The highest BCUT2D eigenvalue weighted by Gasteiger charge is 2.27. The maximum absolute atomic E-state index is 11.1. The van der Waals surface area contributed by atoms with Crippen LogP contribution in [0.15, 0.2) is 0 Å². The Balaban J connectivity index is 2.35. The maximum atomic E-state index is 11.1. The van der Waals surface area contributed by atoms with Gasteiger partial charge in [0.05, 0.1) is 19.3 Å². The normalized spacial score (nSPS) is 29.8. The summed E-state index contributed by atoms with van der Waals surface area (Å²) >= 11 is 0. The van der Waals surface area contributed by atoms with Crippen LogP contribution in [0.2, 0.25) is 0 Å². The number of rotatable bonds is 2. The summed E-state index contributed by atoms with van der Waals surface area (Å²) < 4.78 is 9.88. The van der Waals surface area contributed by atoms with E-state index in [-0.39, 0.29) is 5.97 Å². The van der Waals surface area contributed by atoms with Crippen molar-refractivity contribution in [3.05, 3.63) is 0 Å². The lowest BCUT2D eigenvalue weighted by Gasteiger charge is -2.24. The molecule has 0 aromatic carbocycles. The van der Waals surface area contributed by atoms with Crippen molar-refractivity contribution >= 4 is 5.97 Å². The Morgan fingerprint density at radius 2 is 2.50 bits per heavy atom. The Bertz CT molecular complexity index is 157. The average Bonchev–Trinajstić information content (AvgIpc) is 2.05. The van der Waals surface area contributed by atoms with Gasteiger partial charge in [-0.15, -0.1) is 0 Å². The molecule has 4 heteroatoms. The molecule has 1 N–H and O–H groups in total. The Morgan fingerprint density at radius 1 is 1.75 bits per heavy atom. The van der Waals surface area contributed by atoms with Crippen molar-refractivity contribution in [2.45, 2.75) is 32.0 Å². The van der Waals surface area contributed by atoms with Gasteiger partial charge in [-0.25, -0.2) is 4.79 Å². The number of hydrogen-bond acceptors (Lipinski definition) is 4. The number of aliphatic hydroxyl groups excluding tert-OH is 1. The molecule has 0 spiro atoms. The van der Waals surface area contributed by atoms with E-state index in [1.165, 1.54) is 0 Å². The second-order valence-corrected chi connectivity index (χ2v) is 2.79. The standard InChI is InChI=1S/C8H14O4/c1-2-11-8(10)7-5-6(9)3-4-12-7/h6-7,9H,2-5H2,1H3/t6-,7-/m1/s1. The van der Waals surface area contributed by atoms with E-state index < -0.39 is 12.2 Å². The summed E-state index contributed by atoms with van der Waals surface area (Å²) in [6.07, 6.45) is -0.0174. The van der Waals surface area contributed by atoms with Gasteiger partial charge in [-0.05, 0) is 13.3 Å². The van der Waals surface area contributed by atoms with E-state index in [2.05, 4.69) is 0 Å². The third kappa shape index (κ3) is 2.46. The quantitative estimate of drug-likeness (QED) is 0.603. The van der Waals surface area contributed by atoms with Crippen LogP contribution in [0.25, 0.3) is 0 Å². The van der Waals surface area contributed by atoms with Crippen molar-refractivity contribution in [2.24, 2.45) is 0 Å². The van der Waals surface area contributed by atoms with E-state index in [0.717, 1.165) is 0 Å². The molecule has 1 aliphatic heterocycles. The van der Waals surface area contributed by atoms with Crippen LogP contribution in [-0.2, 0) is 14.3 Å². The molecule has 0 aromatic heterocycles. The second-order valence-electron chi connectivity index (χ2n) is 2.79. The molecule has 0 aromatic rings. The number of hydrogen-bond donors (Lipinski definition) is 1. The monoisotopic (exact) mass is 174 g/mol. The fourth-order valence-electron chi connectivity index (χ4n) is 1.18. The molecule has 1 fully saturated rings. The second kappa shape index (κ2) is 4.42. The van der Waals surface area contributed by atoms with Crippen molar-refractivity contribution in [3.63, 3.8) is 0 Å². The third-order valence-corrected chi connectivity index (χ3v) is 1.81. The molecule has 0 radical (unpaired) electrons. The maximum Gasteiger partial charge on any atom is 0.335 e. The molecular formula is C8H14O4. The topological polar surface area (TPSA) is 55.8 Å². The zero-order valence-electron chi connectivity index (χ0n) is 7.16. The highest BCUT2D eigenvalue weighted by molar-refractivity contribution is 5.74. The van der Waals surface area contributed by atoms with E-state index in [9.17, 15) is 9.90 Å². The third-order valence-electron chi connectivity index (χ3n) is 1.81. The smallest absolute Gasteiger partial charge is 0.335 e. The van der Waals surface area contributed by atoms with Crippen LogP contribution >= 0.6 is 0 Å². The van der Waals surface area contributed by atoms with Crippen LogP contribution in [0.3, 0.4) is 0 Å². The predicted octanol–water partition coefficient (Wildman–Crippen LogP) is 0.0894. The van der Waals surface area contributed by atoms with Crippen LogP contribution in [0.1, 0.15) is 19.8 Å². The first-order chi connectivity index (χ1) is 5.74. The minimum atomic E-state index is -0.561. The molecule has 1 rings (SSSR count). The molecule has 1 heterocycles. The lowest BCUT2D eigenvalue weighted by molar-refractivity contribution is -0.163. The number of carbonyl (C=O) groups excluding carboxylic acids is 1. The first-order valence-electron chi connectivity index (χ1n) is 4.20. The van der Waals surface area contributed by atoms with Gasteiger partial charge in [0.15, 0.2) is 6.10 Å². The van der Waals surface area contributed by atoms with E-state index in [4.69, 9.17) is 9.47 Å². The molecule has 0 saturated carbocycles. The SMILES string of the molecule is CCOC(=O)[C@H]1C[C@H](O)CCO1. The van der Waals surface area contributed by atoms with E-state index in [0.29, 0.717) is 26.1 Å². The molecule has 12 heavy (non-hydrogen) atoms. The summed E-state index contributed by atoms with van der Waals surface area (Å²) in [5, 5.41) is 9.21. The lowest BCUT2D eigenvalue weighted by atomic mass is 10.1. The molecule has 1 aliphatic rings. The van der Waals surface area contributed by atoms with Crippen molar-refractivity contribution in [1.82, 2.24) is 0 Å². The first-order valence-corrected chi connectivity index (χ1v) is 4.20. The minimum Gasteiger partial charge on any atom is -0.464 e. The summed E-state index contributed by atoms with van der Waals surface area (Å²) in [7, 11) is 0. The first kappa shape index (κ1) is 9.48. The predicted molar refractivity (Wildman–Crippen MR) is 41.6 cm³/mol. The number of aliphatic hydroxyl groups is 1. The van der Waals surface area contributed by atoms with Gasteiger partial charge in [0.1, 0.15) is 0 Å². The Kier molecular flexibility index (Phi) is 3.49. The van der Waals surface area contributed by atoms with Crippen LogP contribution in [0.4, 0.5) is 0 Å². The van der Waals surface area contributed by atoms with E-state index >= 15 is 0 Å². The summed E-state index contributed by atoms with van der Waals surface area (Å²) in [6.45, 7) is 2.54. The van der Waals surface area contributed by atoms with Gasteiger partial charge in [-0.3, -0.25) is 0 Å². The van der Waals surface area contributed by atoms with Crippen LogP contribution in [0, 0.1) is 0 Å². The van der Waals surface area contributed by atoms with Gasteiger partial charge in [0, 0.05) is 6.42 Å². The highest BCUT2D eigenvalue weighted by Crippen LogP contribution is 2.14. The highest BCUT2D eigenvalue weighted by atomic mass is 16.6. The Labute approximate surface area is 71.5 Å². The van der Waals surface area contributed by atoms with Gasteiger partial charge < -0.3 is 14.6 Å². The van der Waals surface area contributed by atoms with Crippen LogP contribution in [-0.4, -0.2) is 36.5 Å². The van der Waals surface area contributed by atoms with Gasteiger partial charge in [-0.1, -0.05) is 0 Å². The van der Waals surface area contributed by atoms with Gasteiger partial charge in [0.2, 0.25) is 0 Å². The molecule has 0 aliphatic carbocycles.